The summed E-state index contributed by atoms with van der Waals surface area (Å²) in [7, 11) is 0. The lowest BCUT2D eigenvalue weighted by Gasteiger charge is -2.08. The number of hydrogen-bond acceptors (Lipinski definition) is 3. The summed E-state index contributed by atoms with van der Waals surface area (Å²) in [6.07, 6.45) is 1.44. The minimum Gasteiger partial charge on any atom is -0.348 e. The Hall–Kier alpha value is -2.29. The van der Waals surface area contributed by atoms with E-state index < -0.39 is 5.82 Å². The summed E-state index contributed by atoms with van der Waals surface area (Å²) in [6, 6.07) is 11.7. The summed E-state index contributed by atoms with van der Waals surface area (Å²) in [5, 5.41) is 9.41. The Bertz CT molecular complexity index is 836. The minimum atomic E-state index is -0.428. The number of nitrogens with one attached hydrogen (secondary N) is 2. The van der Waals surface area contributed by atoms with Crippen LogP contribution in [0.1, 0.15) is 15.9 Å². The predicted octanol–water partition coefficient (Wildman–Crippen LogP) is 3.15. The first-order valence-electron chi connectivity index (χ1n) is 6.81. The molecule has 2 N–H and O–H groups in total. The fourth-order valence-electron chi connectivity index (χ4n) is 2.12. The molecule has 7 heteroatoms. The number of amides is 1. The predicted molar refractivity (Wildman–Crippen MR) is 92.1 cm³/mol. The molecule has 1 heterocycles. The van der Waals surface area contributed by atoms with Gasteiger partial charge >= 0.3 is 0 Å². The molecule has 0 radical (unpaired) electrons. The Morgan fingerprint density at radius 3 is 2.91 bits per heavy atom. The van der Waals surface area contributed by atoms with E-state index in [0.717, 1.165) is 11.1 Å². The van der Waals surface area contributed by atoms with Crippen LogP contribution in [-0.4, -0.2) is 21.1 Å². The van der Waals surface area contributed by atoms with Crippen molar-refractivity contribution in [2.75, 3.05) is 0 Å². The third kappa shape index (κ3) is 3.73. The topological polar surface area (TPSA) is 70.7 Å². The van der Waals surface area contributed by atoms with E-state index >= 15 is 0 Å². The molecule has 0 aliphatic carbocycles. The Morgan fingerprint density at radius 2 is 2.13 bits per heavy atom. The van der Waals surface area contributed by atoms with Gasteiger partial charge in [0.1, 0.15) is 12.1 Å². The van der Waals surface area contributed by atoms with Crippen LogP contribution in [0, 0.1) is 9.39 Å². The standard InChI is InChI=1S/C16H12FIN4O/c17-12-4-5-14(18)13(7-12)16(23)19-8-10-2-1-3-11(6-10)15-20-9-21-22-15/h1-7,9H,8H2,(H,19,23)(H,20,21,22). The van der Waals surface area contributed by atoms with Crippen molar-refractivity contribution in [3.05, 3.63) is 69.3 Å². The van der Waals surface area contributed by atoms with Crippen molar-refractivity contribution in [2.45, 2.75) is 6.54 Å². The first-order valence-corrected chi connectivity index (χ1v) is 7.89. The van der Waals surface area contributed by atoms with Crippen molar-refractivity contribution in [2.24, 2.45) is 0 Å². The van der Waals surface area contributed by atoms with Crippen molar-refractivity contribution in [3.8, 4) is 11.4 Å². The number of H-pyrrole nitrogens is 1. The molecule has 23 heavy (non-hydrogen) atoms. The van der Waals surface area contributed by atoms with E-state index in [0.29, 0.717) is 21.5 Å². The number of rotatable bonds is 4. The number of aromatic amines is 1. The van der Waals surface area contributed by atoms with Gasteiger partial charge in [0, 0.05) is 15.7 Å². The highest BCUT2D eigenvalue weighted by Crippen LogP contribution is 2.16. The molecule has 3 rings (SSSR count). The molecule has 0 aliphatic heterocycles. The summed E-state index contributed by atoms with van der Waals surface area (Å²) in [6.45, 7) is 0.341. The summed E-state index contributed by atoms with van der Waals surface area (Å²) < 4.78 is 14.0. The van der Waals surface area contributed by atoms with Crippen LogP contribution in [0.5, 0.6) is 0 Å². The molecule has 0 saturated heterocycles. The third-order valence-electron chi connectivity index (χ3n) is 3.24. The normalized spacial score (nSPS) is 10.5. The van der Waals surface area contributed by atoms with Crippen LogP contribution in [0.25, 0.3) is 11.4 Å². The number of carbonyl (C=O) groups is 1. The van der Waals surface area contributed by atoms with E-state index in [-0.39, 0.29) is 5.91 Å². The molecular formula is C16H12FIN4O. The first kappa shape index (κ1) is 15.6. The van der Waals surface area contributed by atoms with Gasteiger partial charge in [-0.3, -0.25) is 9.89 Å². The minimum absolute atomic E-state index is 0.307. The fourth-order valence-corrected chi connectivity index (χ4v) is 2.70. The van der Waals surface area contributed by atoms with Gasteiger partial charge in [-0.2, -0.15) is 5.10 Å². The molecule has 1 amide bonds. The van der Waals surface area contributed by atoms with Gasteiger partial charge in [-0.1, -0.05) is 18.2 Å². The van der Waals surface area contributed by atoms with Crippen LogP contribution in [0.3, 0.4) is 0 Å². The van der Waals surface area contributed by atoms with Crippen molar-refractivity contribution in [1.82, 2.24) is 20.5 Å². The van der Waals surface area contributed by atoms with E-state index in [1.165, 1.54) is 18.5 Å². The number of nitrogens with zero attached hydrogens (tertiary/aromatic N) is 2. The molecule has 116 valence electrons. The highest BCUT2D eigenvalue weighted by molar-refractivity contribution is 14.1. The van der Waals surface area contributed by atoms with Crippen LogP contribution in [0.15, 0.2) is 48.8 Å². The smallest absolute Gasteiger partial charge is 0.252 e. The lowest BCUT2D eigenvalue weighted by Crippen LogP contribution is -2.23. The van der Waals surface area contributed by atoms with Crippen LogP contribution in [-0.2, 0) is 6.54 Å². The van der Waals surface area contributed by atoms with Crippen LogP contribution in [0.4, 0.5) is 4.39 Å². The Balaban J connectivity index is 1.72. The van der Waals surface area contributed by atoms with Gasteiger partial charge in [0.25, 0.3) is 5.91 Å². The molecule has 5 nitrogen and oxygen atoms in total. The molecule has 0 saturated carbocycles. The first-order chi connectivity index (χ1) is 11.1. The second-order valence-electron chi connectivity index (χ2n) is 4.84. The molecule has 0 aliphatic rings. The van der Waals surface area contributed by atoms with Crippen molar-refractivity contribution in [1.29, 1.82) is 0 Å². The van der Waals surface area contributed by atoms with Crippen LogP contribution >= 0.6 is 22.6 Å². The zero-order chi connectivity index (χ0) is 16.2. The van der Waals surface area contributed by atoms with E-state index in [2.05, 4.69) is 20.5 Å². The maximum Gasteiger partial charge on any atom is 0.252 e. The molecule has 2 aromatic carbocycles. The quantitative estimate of drug-likeness (QED) is 0.635. The Labute approximate surface area is 145 Å². The SMILES string of the molecule is O=C(NCc1cccc(-c2ncn[nH]2)c1)c1cc(F)ccc1I. The molecule has 0 spiro atoms. The summed E-state index contributed by atoms with van der Waals surface area (Å²) in [5.41, 5.74) is 2.13. The van der Waals surface area contributed by atoms with Crippen molar-refractivity contribution < 1.29 is 9.18 Å². The van der Waals surface area contributed by atoms with Gasteiger partial charge in [-0.25, -0.2) is 9.37 Å². The lowest BCUT2D eigenvalue weighted by molar-refractivity contribution is 0.0949. The second-order valence-corrected chi connectivity index (χ2v) is 6.00. The van der Waals surface area contributed by atoms with Crippen molar-refractivity contribution >= 4 is 28.5 Å². The van der Waals surface area contributed by atoms with Crippen LogP contribution < -0.4 is 5.32 Å². The molecule has 0 unspecified atom stereocenters. The molecule has 3 aromatic rings. The van der Waals surface area contributed by atoms with Gasteiger partial charge in [0.15, 0.2) is 5.82 Å². The fraction of sp³-hybridized carbons (Fsp3) is 0.0625. The van der Waals surface area contributed by atoms with E-state index in [1.807, 2.05) is 46.9 Å². The van der Waals surface area contributed by atoms with E-state index in [4.69, 9.17) is 0 Å². The summed E-state index contributed by atoms with van der Waals surface area (Å²) >= 11 is 2.01. The number of aromatic nitrogens is 3. The van der Waals surface area contributed by atoms with Gasteiger partial charge in [0.2, 0.25) is 0 Å². The average Bonchev–Trinajstić information content (AvgIpc) is 3.10. The molecule has 0 fully saturated rings. The summed E-state index contributed by atoms with van der Waals surface area (Å²) in [5.74, 6) is -0.0697. The van der Waals surface area contributed by atoms with Gasteiger partial charge in [-0.05, 0) is 52.4 Å². The molecular weight excluding hydrogens is 410 g/mol. The zero-order valence-corrected chi connectivity index (χ0v) is 14.0. The Kier molecular flexibility index (Phi) is 4.65. The number of hydrogen-bond donors (Lipinski definition) is 2. The number of benzene rings is 2. The number of carbonyl (C=O) groups excluding carboxylic acids is 1. The van der Waals surface area contributed by atoms with Gasteiger partial charge in [-0.15, -0.1) is 0 Å². The zero-order valence-electron chi connectivity index (χ0n) is 11.9. The van der Waals surface area contributed by atoms with Crippen LogP contribution in [0.2, 0.25) is 0 Å². The molecule has 0 bridgehead atoms. The van der Waals surface area contributed by atoms with E-state index in [9.17, 15) is 9.18 Å². The Morgan fingerprint density at radius 1 is 1.26 bits per heavy atom. The van der Waals surface area contributed by atoms with E-state index in [1.54, 1.807) is 6.07 Å². The average molecular weight is 422 g/mol. The highest BCUT2D eigenvalue weighted by atomic mass is 127. The number of halogens is 2. The van der Waals surface area contributed by atoms with Gasteiger partial charge in [0.05, 0.1) is 5.56 Å². The maximum atomic E-state index is 13.3. The highest BCUT2D eigenvalue weighted by Gasteiger charge is 2.11. The van der Waals surface area contributed by atoms with Crippen molar-refractivity contribution in [3.63, 3.8) is 0 Å². The largest absolute Gasteiger partial charge is 0.348 e. The maximum absolute atomic E-state index is 13.3. The molecule has 0 atom stereocenters. The lowest BCUT2D eigenvalue weighted by atomic mass is 10.1. The monoisotopic (exact) mass is 422 g/mol. The van der Waals surface area contributed by atoms with Gasteiger partial charge < -0.3 is 5.32 Å². The summed E-state index contributed by atoms with van der Waals surface area (Å²) in [4.78, 5) is 16.3. The molecule has 1 aromatic heterocycles. The third-order valence-corrected chi connectivity index (χ3v) is 4.18. The second kappa shape index (κ2) is 6.86.